The molecule has 1 saturated heterocycles. The van der Waals surface area contributed by atoms with Crippen LogP contribution < -0.4 is 4.74 Å². The summed E-state index contributed by atoms with van der Waals surface area (Å²) in [6, 6.07) is 7.76. The molecule has 27 heavy (non-hydrogen) atoms. The Balaban J connectivity index is 1.61. The molecule has 1 aliphatic heterocycles. The molecule has 2 heterocycles. The maximum Gasteiger partial charge on any atom is 0.416 e. The molecule has 146 valence electrons. The minimum absolute atomic E-state index is 0.193. The molecule has 0 spiro atoms. The van der Waals surface area contributed by atoms with Crippen LogP contribution in [-0.4, -0.2) is 36.9 Å². The van der Waals surface area contributed by atoms with Crippen LogP contribution in [0.4, 0.5) is 13.2 Å². The summed E-state index contributed by atoms with van der Waals surface area (Å²) >= 11 is 0. The Labute approximate surface area is 155 Å². The predicted molar refractivity (Wildman–Crippen MR) is 93.6 cm³/mol. The van der Waals surface area contributed by atoms with E-state index in [1.54, 1.807) is 12.3 Å². The van der Waals surface area contributed by atoms with E-state index in [0.29, 0.717) is 24.4 Å². The van der Waals surface area contributed by atoms with Crippen LogP contribution in [-0.2, 0) is 22.0 Å². The maximum atomic E-state index is 12.6. The van der Waals surface area contributed by atoms with E-state index in [2.05, 4.69) is 4.98 Å². The average Bonchev–Trinajstić information content (AvgIpc) is 3.06. The summed E-state index contributed by atoms with van der Waals surface area (Å²) in [6.45, 7) is 2.40. The summed E-state index contributed by atoms with van der Waals surface area (Å²) < 4.78 is 69.9. The normalized spacial score (nSPS) is 18.6. The van der Waals surface area contributed by atoms with E-state index in [1.807, 2.05) is 13.0 Å². The van der Waals surface area contributed by atoms with E-state index in [1.165, 1.54) is 16.4 Å². The van der Waals surface area contributed by atoms with Gasteiger partial charge in [0.1, 0.15) is 6.10 Å². The molecule has 0 aliphatic carbocycles. The molecule has 0 saturated carbocycles. The lowest BCUT2D eigenvalue weighted by atomic mass is 10.1. The Kier molecular flexibility index (Phi) is 5.43. The largest absolute Gasteiger partial charge is 0.473 e. The summed E-state index contributed by atoms with van der Waals surface area (Å²) in [5, 5.41) is 0. The van der Waals surface area contributed by atoms with Crippen molar-refractivity contribution in [2.45, 2.75) is 31.4 Å². The minimum Gasteiger partial charge on any atom is -0.473 e. The quantitative estimate of drug-likeness (QED) is 0.772. The average molecular weight is 400 g/mol. The van der Waals surface area contributed by atoms with Gasteiger partial charge < -0.3 is 4.74 Å². The number of nitrogens with zero attached hydrogens (tertiary/aromatic N) is 2. The number of aryl methyl sites for hydroxylation is 1. The van der Waals surface area contributed by atoms with Gasteiger partial charge in [-0.25, -0.2) is 13.4 Å². The SMILES string of the molecule is Cc1ccc(OC2CCN(S(=O)(=O)Cc3ccc(C(F)(F)F)cc3)C2)nc1. The highest BCUT2D eigenvalue weighted by Crippen LogP contribution is 2.29. The van der Waals surface area contributed by atoms with Gasteiger partial charge in [-0.15, -0.1) is 0 Å². The van der Waals surface area contributed by atoms with Crippen LogP contribution >= 0.6 is 0 Å². The second-order valence-corrected chi connectivity index (χ2v) is 8.48. The fourth-order valence-electron chi connectivity index (χ4n) is 2.83. The molecular weight excluding hydrogens is 381 g/mol. The zero-order valence-electron chi connectivity index (χ0n) is 14.6. The minimum atomic E-state index is -4.44. The van der Waals surface area contributed by atoms with Crippen molar-refractivity contribution in [1.82, 2.24) is 9.29 Å². The van der Waals surface area contributed by atoms with Crippen molar-refractivity contribution in [3.8, 4) is 5.88 Å². The van der Waals surface area contributed by atoms with E-state index < -0.39 is 21.8 Å². The summed E-state index contributed by atoms with van der Waals surface area (Å²) in [6.07, 6.45) is -2.55. The fourth-order valence-corrected chi connectivity index (χ4v) is 4.41. The van der Waals surface area contributed by atoms with E-state index >= 15 is 0 Å². The molecule has 1 aromatic carbocycles. The van der Waals surface area contributed by atoms with Crippen LogP contribution in [0.15, 0.2) is 42.6 Å². The number of hydrogen-bond donors (Lipinski definition) is 0. The first kappa shape index (κ1) is 19.6. The molecule has 1 unspecified atom stereocenters. The zero-order chi connectivity index (χ0) is 19.7. The molecule has 5 nitrogen and oxygen atoms in total. The van der Waals surface area contributed by atoms with Crippen LogP contribution in [0.5, 0.6) is 5.88 Å². The Morgan fingerprint density at radius 2 is 1.89 bits per heavy atom. The van der Waals surface area contributed by atoms with Gasteiger partial charge in [-0.1, -0.05) is 18.2 Å². The van der Waals surface area contributed by atoms with Gasteiger partial charge in [-0.2, -0.15) is 17.5 Å². The van der Waals surface area contributed by atoms with Gasteiger partial charge in [-0.3, -0.25) is 0 Å². The molecule has 1 fully saturated rings. The predicted octanol–water partition coefficient (Wildman–Crippen LogP) is 3.39. The summed E-state index contributed by atoms with van der Waals surface area (Å²) in [7, 11) is -3.64. The number of ether oxygens (including phenoxy) is 1. The van der Waals surface area contributed by atoms with Crippen molar-refractivity contribution in [3.05, 3.63) is 59.3 Å². The van der Waals surface area contributed by atoms with Gasteiger partial charge in [0.15, 0.2) is 0 Å². The number of halogens is 3. The molecule has 0 N–H and O–H groups in total. The third kappa shape index (κ3) is 4.98. The van der Waals surface area contributed by atoms with Crippen LogP contribution in [0.2, 0.25) is 0 Å². The molecule has 3 rings (SSSR count). The number of alkyl halides is 3. The van der Waals surface area contributed by atoms with Gasteiger partial charge in [0.25, 0.3) is 0 Å². The molecular formula is C18H19F3N2O3S. The monoisotopic (exact) mass is 400 g/mol. The van der Waals surface area contributed by atoms with Crippen LogP contribution in [0, 0.1) is 6.92 Å². The molecule has 2 aromatic rings. The molecule has 0 radical (unpaired) electrons. The third-order valence-corrected chi connectivity index (χ3v) is 6.12. The Bertz CT molecular complexity index is 882. The van der Waals surface area contributed by atoms with Crippen LogP contribution in [0.1, 0.15) is 23.1 Å². The first-order valence-electron chi connectivity index (χ1n) is 8.37. The Hall–Kier alpha value is -2.13. The number of pyridine rings is 1. The molecule has 1 aliphatic rings. The molecule has 9 heteroatoms. The third-order valence-electron chi connectivity index (χ3n) is 4.30. The van der Waals surface area contributed by atoms with Crippen LogP contribution in [0.3, 0.4) is 0 Å². The first-order chi connectivity index (χ1) is 12.6. The van der Waals surface area contributed by atoms with Gasteiger partial charge in [0.05, 0.1) is 17.9 Å². The lowest BCUT2D eigenvalue weighted by molar-refractivity contribution is -0.137. The zero-order valence-corrected chi connectivity index (χ0v) is 15.4. The lowest BCUT2D eigenvalue weighted by Gasteiger charge is -2.17. The number of benzene rings is 1. The second-order valence-electron chi connectivity index (χ2n) is 6.51. The smallest absolute Gasteiger partial charge is 0.416 e. The standard InChI is InChI=1S/C18H19F3N2O3S/c1-13-2-7-17(22-10-13)26-16-8-9-23(11-16)27(24,25)12-14-3-5-15(6-4-14)18(19,20)21/h2-7,10,16H,8-9,11-12H2,1H3. The highest BCUT2D eigenvalue weighted by Gasteiger charge is 2.33. The van der Waals surface area contributed by atoms with Crippen molar-refractivity contribution in [2.75, 3.05) is 13.1 Å². The molecule has 0 bridgehead atoms. The van der Waals surface area contributed by atoms with Crippen molar-refractivity contribution in [1.29, 1.82) is 0 Å². The summed E-state index contributed by atoms with van der Waals surface area (Å²) in [5.74, 6) is 0.0910. The first-order valence-corrected chi connectivity index (χ1v) is 9.98. The van der Waals surface area contributed by atoms with Crippen molar-refractivity contribution in [3.63, 3.8) is 0 Å². The second kappa shape index (κ2) is 7.47. The lowest BCUT2D eigenvalue weighted by Crippen LogP contribution is -2.32. The van der Waals surface area contributed by atoms with E-state index in [4.69, 9.17) is 4.74 Å². The Morgan fingerprint density at radius 1 is 1.19 bits per heavy atom. The number of rotatable bonds is 5. The highest BCUT2D eigenvalue weighted by atomic mass is 32.2. The highest BCUT2D eigenvalue weighted by molar-refractivity contribution is 7.88. The summed E-state index contributed by atoms with van der Waals surface area (Å²) in [4.78, 5) is 4.14. The number of hydrogen-bond acceptors (Lipinski definition) is 4. The van der Waals surface area contributed by atoms with E-state index in [9.17, 15) is 21.6 Å². The number of aromatic nitrogens is 1. The number of sulfonamides is 1. The van der Waals surface area contributed by atoms with Gasteiger partial charge in [0, 0.05) is 18.8 Å². The van der Waals surface area contributed by atoms with Crippen LogP contribution in [0.25, 0.3) is 0 Å². The molecule has 0 amide bonds. The van der Waals surface area contributed by atoms with Gasteiger partial charge >= 0.3 is 6.18 Å². The van der Waals surface area contributed by atoms with Crippen molar-refractivity contribution in [2.24, 2.45) is 0 Å². The van der Waals surface area contributed by atoms with Gasteiger partial charge in [-0.05, 0) is 36.6 Å². The van der Waals surface area contributed by atoms with Crippen molar-refractivity contribution >= 4 is 10.0 Å². The topological polar surface area (TPSA) is 59.5 Å². The van der Waals surface area contributed by atoms with Gasteiger partial charge in [0.2, 0.25) is 15.9 Å². The fraction of sp³-hybridized carbons (Fsp3) is 0.389. The Morgan fingerprint density at radius 3 is 2.48 bits per heavy atom. The summed E-state index contributed by atoms with van der Waals surface area (Å²) in [5.41, 5.74) is 0.506. The van der Waals surface area contributed by atoms with E-state index in [-0.39, 0.29) is 18.4 Å². The molecule has 1 atom stereocenters. The van der Waals surface area contributed by atoms with E-state index in [0.717, 1.165) is 17.7 Å². The molecule has 1 aromatic heterocycles. The maximum absolute atomic E-state index is 12.6. The van der Waals surface area contributed by atoms with Crippen molar-refractivity contribution < 1.29 is 26.3 Å².